The maximum atomic E-state index is 12.7. The summed E-state index contributed by atoms with van der Waals surface area (Å²) in [5.74, 6) is -2.66. The van der Waals surface area contributed by atoms with Crippen molar-refractivity contribution in [3.8, 4) is 0 Å². The lowest BCUT2D eigenvalue weighted by Gasteiger charge is -2.36. The van der Waals surface area contributed by atoms with Crippen LogP contribution in [0.1, 0.15) is 13.3 Å². The van der Waals surface area contributed by atoms with Crippen LogP contribution in [0.5, 0.6) is 0 Å². The normalized spacial score (nSPS) is 37.1. The number of alkyl halides is 2. The summed E-state index contributed by atoms with van der Waals surface area (Å²) in [6.07, 6.45) is -0.219. The highest BCUT2D eigenvalue weighted by Crippen LogP contribution is 2.34. The minimum absolute atomic E-state index is 0.185. The van der Waals surface area contributed by atoms with E-state index in [2.05, 4.69) is 5.32 Å². The van der Waals surface area contributed by atoms with Gasteiger partial charge < -0.3 is 10.4 Å². The van der Waals surface area contributed by atoms with Crippen molar-refractivity contribution >= 4 is 0 Å². The molecule has 66 valence electrons. The van der Waals surface area contributed by atoms with E-state index in [1.807, 2.05) is 0 Å². The quantitative estimate of drug-likeness (QED) is 0.596. The predicted molar refractivity (Wildman–Crippen MR) is 37.6 cm³/mol. The summed E-state index contributed by atoms with van der Waals surface area (Å²) in [6.45, 7) is 1.68. The van der Waals surface area contributed by atoms with Gasteiger partial charge in [0.05, 0.1) is 6.54 Å². The molecule has 1 aliphatic rings. The number of aliphatic hydroxyl groups is 1. The summed E-state index contributed by atoms with van der Waals surface area (Å²) in [7, 11) is 0. The molecule has 0 spiro atoms. The first-order valence-electron chi connectivity index (χ1n) is 3.67. The van der Waals surface area contributed by atoms with Crippen molar-refractivity contribution in [2.45, 2.75) is 19.3 Å². The lowest BCUT2D eigenvalue weighted by molar-refractivity contribution is -0.0771. The number of hydrogen-bond donors (Lipinski definition) is 2. The number of aliphatic hydroxyl groups excluding tert-OH is 1. The van der Waals surface area contributed by atoms with E-state index in [1.165, 1.54) is 0 Å². The van der Waals surface area contributed by atoms with Gasteiger partial charge in [0.15, 0.2) is 0 Å². The van der Waals surface area contributed by atoms with Crippen LogP contribution in [0.25, 0.3) is 0 Å². The molecule has 1 unspecified atom stereocenters. The van der Waals surface area contributed by atoms with E-state index >= 15 is 0 Å². The van der Waals surface area contributed by atoms with Gasteiger partial charge in [0, 0.05) is 25.0 Å². The second-order valence-corrected chi connectivity index (χ2v) is 3.61. The molecular formula is C7H13F2NO. The third-order valence-corrected chi connectivity index (χ3v) is 2.00. The van der Waals surface area contributed by atoms with Crippen LogP contribution < -0.4 is 5.32 Å². The molecule has 1 atom stereocenters. The van der Waals surface area contributed by atoms with Gasteiger partial charge in [-0.25, -0.2) is 8.78 Å². The van der Waals surface area contributed by atoms with Crippen LogP contribution in [0.2, 0.25) is 0 Å². The monoisotopic (exact) mass is 165 g/mol. The number of rotatable bonds is 1. The zero-order chi connectivity index (χ0) is 8.54. The Morgan fingerprint density at radius 3 is 2.45 bits per heavy atom. The summed E-state index contributed by atoms with van der Waals surface area (Å²) in [5, 5.41) is 11.4. The van der Waals surface area contributed by atoms with Crippen molar-refractivity contribution in [1.29, 1.82) is 0 Å². The molecule has 2 nitrogen and oxygen atoms in total. The molecule has 11 heavy (non-hydrogen) atoms. The molecule has 0 aromatic carbocycles. The third kappa shape index (κ3) is 2.10. The molecule has 1 heterocycles. The first kappa shape index (κ1) is 8.87. The molecule has 1 aliphatic heterocycles. The number of nitrogens with one attached hydrogen (secondary N) is 1. The minimum Gasteiger partial charge on any atom is -0.396 e. The van der Waals surface area contributed by atoms with Crippen molar-refractivity contribution in [2.24, 2.45) is 5.41 Å². The van der Waals surface area contributed by atoms with Gasteiger partial charge in [0.1, 0.15) is 0 Å². The molecule has 1 saturated heterocycles. The highest BCUT2D eigenvalue weighted by Gasteiger charge is 2.42. The second-order valence-electron chi connectivity index (χ2n) is 3.61. The van der Waals surface area contributed by atoms with Gasteiger partial charge in [-0.05, 0) is 0 Å². The Morgan fingerprint density at radius 2 is 2.09 bits per heavy atom. The molecule has 0 radical (unpaired) electrons. The molecule has 0 aromatic rings. The Balaban J connectivity index is 2.59. The smallest absolute Gasteiger partial charge is 0.260 e. The van der Waals surface area contributed by atoms with Crippen LogP contribution in [-0.4, -0.2) is 30.7 Å². The molecule has 1 fully saturated rings. The van der Waals surface area contributed by atoms with Gasteiger partial charge in [-0.15, -0.1) is 0 Å². The van der Waals surface area contributed by atoms with Gasteiger partial charge in [-0.3, -0.25) is 0 Å². The Bertz CT molecular complexity index is 151. The Kier molecular flexibility index (Phi) is 2.16. The zero-order valence-electron chi connectivity index (χ0n) is 6.53. The largest absolute Gasteiger partial charge is 0.396 e. The van der Waals surface area contributed by atoms with E-state index in [0.717, 1.165) is 0 Å². The van der Waals surface area contributed by atoms with Crippen molar-refractivity contribution in [3.63, 3.8) is 0 Å². The maximum Gasteiger partial charge on any atom is 0.260 e. The molecule has 0 bridgehead atoms. The Labute approximate surface area is 64.6 Å². The van der Waals surface area contributed by atoms with Crippen LogP contribution >= 0.6 is 0 Å². The van der Waals surface area contributed by atoms with E-state index in [1.54, 1.807) is 6.92 Å². The van der Waals surface area contributed by atoms with Crippen LogP contribution in [-0.2, 0) is 0 Å². The summed E-state index contributed by atoms with van der Waals surface area (Å²) < 4.78 is 25.4. The lowest BCUT2D eigenvalue weighted by Crippen LogP contribution is -2.50. The van der Waals surface area contributed by atoms with Crippen molar-refractivity contribution in [3.05, 3.63) is 0 Å². The van der Waals surface area contributed by atoms with E-state index in [-0.39, 0.29) is 19.6 Å². The minimum atomic E-state index is -2.66. The summed E-state index contributed by atoms with van der Waals surface area (Å²) in [4.78, 5) is 0. The number of piperidine rings is 1. The highest BCUT2D eigenvalue weighted by atomic mass is 19.3. The van der Waals surface area contributed by atoms with E-state index in [4.69, 9.17) is 5.11 Å². The molecule has 4 heteroatoms. The van der Waals surface area contributed by atoms with Crippen molar-refractivity contribution < 1.29 is 13.9 Å². The third-order valence-electron chi connectivity index (χ3n) is 2.00. The van der Waals surface area contributed by atoms with Crippen LogP contribution in [0, 0.1) is 5.41 Å². The molecular weight excluding hydrogens is 152 g/mol. The average Bonchev–Trinajstić information content (AvgIpc) is 1.85. The SMILES string of the molecule is CC1(CO)CNCC(F)(F)C1. The average molecular weight is 165 g/mol. The summed E-state index contributed by atoms with van der Waals surface area (Å²) >= 11 is 0. The topological polar surface area (TPSA) is 32.3 Å². The standard InChI is InChI=1S/C7H13F2NO/c1-6(5-11)2-7(8,9)4-10-3-6/h10-11H,2-5H2,1H3. The first-order valence-corrected chi connectivity index (χ1v) is 3.67. The van der Waals surface area contributed by atoms with Gasteiger partial charge in [-0.1, -0.05) is 6.92 Å². The lowest BCUT2D eigenvalue weighted by atomic mass is 9.82. The van der Waals surface area contributed by atoms with Crippen LogP contribution in [0.15, 0.2) is 0 Å². The maximum absolute atomic E-state index is 12.7. The Morgan fingerprint density at radius 1 is 1.45 bits per heavy atom. The number of hydrogen-bond acceptors (Lipinski definition) is 2. The van der Waals surface area contributed by atoms with Crippen molar-refractivity contribution in [1.82, 2.24) is 5.32 Å². The summed E-state index contributed by atoms with van der Waals surface area (Å²) in [5.41, 5.74) is -0.651. The Hall–Kier alpha value is -0.220. The van der Waals surface area contributed by atoms with Crippen molar-refractivity contribution in [2.75, 3.05) is 19.7 Å². The molecule has 1 rings (SSSR count). The van der Waals surface area contributed by atoms with Crippen LogP contribution in [0.4, 0.5) is 8.78 Å². The van der Waals surface area contributed by atoms with Crippen LogP contribution in [0.3, 0.4) is 0 Å². The zero-order valence-corrected chi connectivity index (χ0v) is 6.53. The van der Waals surface area contributed by atoms with E-state index in [0.29, 0.717) is 6.54 Å². The second kappa shape index (κ2) is 2.68. The van der Waals surface area contributed by atoms with E-state index < -0.39 is 11.3 Å². The molecule has 0 amide bonds. The fraction of sp³-hybridized carbons (Fsp3) is 1.00. The van der Waals surface area contributed by atoms with Gasteiger partial charge >= 0.3 is 0 Å². The molecule has 0 saturated carbocycles. The van der Waals surface area contributed by atoms with Gasteiger partial charge in [0.25, 0.3) is 5.92 Å². The number of halogens is 2. The predicted octanol–water partition coefficient (Wildman–Crippen LogP) is 0.614. The highest BCUT2D eigenvalue weighted by molar-refractivity contribution is 4.89. The molecule has 0 aliphatic carbocycles. The fourth-order valence-electron chi connectivity index (χ4n) is 1.41. The van der Waals surface area contributed by atoms with Gasteiger partial charge in [0.2, 0.25) is 0 Å². The van der Waals surface area contributed by atoms with E-state index in [9.17, 15) is 8.78 Å². The fourth-order valence-corrected chi connectivity index (χ4v) is 1.41. The summed E-state index contributed by atoms with van der Waals surface area (Å²) in [6, 6.07) is 0. The molecule has 0 aromatic heterocycles. The first-order chi connectivity index (χ1) is 4.97. The molecule has 2 N–H and O–H groups in total. The van der Waals surface area contributed by atoms with Gasteiger partial charge in [-0.2, -0.15) is 0 Å².